The van der Waals surface area contributed by atoms with Crippen LogP contribution in [0.2, 0.25) is 0 Å². The van der Waals surface area contributed by atoms with Gasteiger partial charge in [0.05, 0.1) is 27.2 Å². The summed E-state index contributed by atoms with van der Waals surface area (Å²) in [6.07, 6.45) is 3.21. The molecule has 2 aliphatic heterocycles. The molecule has 0 unspecified atom stereocenters. The van der Waals surface area contributed by atoms with Gasteiger partial charge in [-0.1, -0.05) is 17.7 Å². The summed E-state index contributed by atoms with van der Waals surface area (Å²) in [4.78, 5) is 30.8. The van der Waals surface area contributed by atoms with Crippen LogP contribution in [-0.2, 0) is 4.79 Å². The number of hydrogen-bond acceptors (Lipinski definition) is 5. The van der Waals surface area contributed by atoms with E-state index in [9.17, 15) is 9.59 Å². The van der Waals surface area contributed by atoms with Gasteiger partial charge in [-0.3, -0.25) is 9.59 Å². The maximum Gasteiger partial charge on any atom is 0.253 e. The first-order valence-electron chi connectivity index (χ1n) is 11.9. The topological polar surface area (TPSA) is 68.3 Å². The predicted molar refractivity (Wildman–Crippen MR) is 130 cm³/mol. The molecule has 2 aliphatic rings. The lowest BCUT2D eigenvalue weighted by molar-refractivity contribution is -0.136. The van der Waals surface area contributed by atoms with Crippen LogP contribution in [-0.4, -0.2) is 69.1 Å². The summed E-state index contributed by atoms with van der Waals surface area (Å²) in [5, 5.41) is 0. The lowest BCUT2D eigenvalue weighted by atomic mass is 9.87. The fourth-order valence-electron chi connectivity index (χ4n) is 5.10. The Morgan fingerprint density at radius 1 is 0.824 bits per heavy atom. The van der Waals surface area contributed by atoms with Gasteiger partial charge in [0.1, 0.15) is 0 Å². The van der Waals surface area contributed by atoms with Gasteiger partial charge in [0.15, 0.2) is 11.5 Å². The van der Waals surface area contributed by atoms with Crippen LogP contribution >= 0.6 is 0 Å². The van der Waals surface area contributed by atoms with Crippen LogP contribution in [0.15, 0.2) is 36.4 Å². The molecule has 4 rings (SSSR count). The van der Waals surface area contributed by atoms with Crippen LogP contribution in [0.25, 0.3) is 0 Å². The molecule has 2 heterocycles. The number of likely N-dealkylation sites (tertiary alicyclic amines) is 2. The highest BCUT2D eigenvalue weighted by Crippen LogP contribution is 2.44. The highest BCUT2D eigenvalue weighted by molar-refractivity contribution is 5.95. The number of rotatable bonds is 6. The monoisotopic (exact) mass is 466 g/mol. The van der Waals surface area contributed by atoms with Crippen LogP contribution in [0.1, 0.15) is 46.7 Å². The molecule has 2 aromatic carbocycles. The van der Waals surface area contributed by atoms with Crippen molar-refractivity contribution in [3.8, 4) is 17.2 Å². The van der Waals surface area contributed by atoms with Crippen LogP contribution in [0.5, 0.6) is 17.2 Å². The van der Waals surface area contributed by atoms with Crippen molar-refractivity contribution >= 4 is 11.8 Å². The van der Waals surface area contributed by atoms with Crippen LogP contribution in [0.4, 0.5) is 0 Å². The van der Waals surface area contributed by atoms with E-state index in [4.69, 9.17) is 14.2 Å². The number of ether oxygens (including phenoxy) is 3. The maximum absolute atomic E-state index is 13.7. The van der Waals surface area contributed by atoms with Gasteiger partial charge in [0.2, 0.25) is 11.7 Å². The van der Waals surface area contributed by atoms with E-state index in [1.807, 2.05) is 53.1 Å². The molecule has 2 saturated heterocycles. The fourth-order valence-corrected chi connectivity index (χ4v) is 5.10. The molecule has 182 valence electrons. The van der Waals surface area contributed by atoms with Gasteiger partial charge < -0.3 is 24.0 Å². The Morgan fingerprint density at radius 3 is 2.00 bits per heavy atom. The third-order valence-corrected chi connectivity index (χ3v) is 7.01. The number of nitrogens with zero attached hydrogens (tertiary/aromatic N) is 2. The third-order valence-electron chi connectivity index (χ3n) is 7.01. The smallest absolute Gasteiger partial charge is 0.253 e. The van der Waals surface area contributed by atoms with E-state index in [0.29, 0.717) is 35.9 Å². The second-order valence-electron chi connectivity index (χ2n) is 9.13. The summed E-state index contributed by atoms with van der Waals surface area (Å²) in [5.41, 5.74) is 2.65. The van der Waals surface area contributed by atoms with E-state index in [1.54, 1.807) is 21.3 Å². The maximum atomic E-state index is 13.7. The van der Waals surface area contributed by atoms with Gasteiger partial charge in [-0.2, -0.15) is 0 Å². The van der Waals surface area contributed by atoms with Gasteiger partial charge >= 0.3 is 0 Å². The minimum Gasteiger partial charge on any atom is -0.493 e. The second-order valence-corrected chi connectivity index (χ2v) is 9.13. The zero-order chi connectivity index (χ0) is 24.2. The molecule has 7 heteroatoms. The van der Waals surface area contributed by atoms with Crippen molar-refractivity contribution in [2.24, 2.45) is 5.92 Å². The molecule has 0 aliphatic carbocycles. The molecule has 0 aromatic heterocycles. The highest BCUT2D eigenvalue weighted by Gasteiger charge is 2.43. The first-order valence-corrected chi connectivity index (χ1v) is 11.9. The van der Waals surface area contributed by atoms with Crippen molar-refractivity contribution in [2.45, 2.75) is 32.1 Å². The Labute approximate surface area is 201 Å². The SMILES string of the molecule is COc1cc([C@@H]2CN(C(=O)c3ccc(C)cc3)C[C@@H]2C(=O)N2CCCCC2)cc(OC)c1OC. The van der Waals surface area contributed by atoms with Crippen molar-refractivity contribution in [2.75, 3.05) is 47.5 Å². The molecule has 0 radical (unpaired) electrons. The first-order chi connectivity index (χ1) is 16.5. The average molecular weight is 467 g/mol. The summed E-state index contributed by atoms with van der Waals surface area (Å²) in [6.45, 7) is 4.41. The molecule has 0 saturated carbocycles. The minimum atomic E-state index is -0.324. The summed E-state index contributed by atoms with van der Waals surface area (Å²) in [6, 6.07) is 11.4. The van der Waals surface area contributed by atoms with E-state index < -0.39 is 0 Å². The quantitative estimate of drug-likeness (QED) is 0.646. The Bertz CT molecular complexity index is 1000. The van der Waals surface area contributed by atoms with Crippen LogP contribution in [0, 0.1) is 12.8 Å². The molecule has 0 bridgehead atoms. The standard InChI is InChI=1S/C27H34N2O5/c1-18-8-10-19(11-9-18)26(30)29-16-21(22(17-29)27(31)28-12-6-5-7-13-28)20-14-23(32-2)25(34-4)24(15-20)33-3/h8-11,14-15,21-22H,5-7,12-13,16-17H2,1-4H3/t21-,22-/m0/s1. The van der Waals surface area contributed by atoms with Crippen molar-refractivity contribution in [1.82, 2.24) is 9.80 Å². The Hall–Kier alpha value is -3.22. The molecule has 0 N–H and O–H groups in total. The van der Waals surface area contributed by atoms with Gasteiger partial charge in [-0.25, -0.2) is 0 Å². The van der Waals surface area contributed by atoms with Crippen molar-refractivity contribution in [1.29, 1.82) is 0 Å². The molecular formula is C27H34N2O5. The van der Waals surface area contributed by atoms with Gasteiger partial charge in [-0.15, -0.1) is 0 Å². The average Bonchev–Trinajstić information content (AvgIpc) is 3.33. The van der Waals surface area contributed by atoms with E-state index in [-0.39, 0.29) is 23.7 Å². The zero-order valence-electron chi connectivity index (χ0n) is 20.5. The van der Waals surface area contributed by atoms with E-state index in [0.717, 1.165) is 43.5 Å². The molecule has 2 aromatic rings. The molecule has 2 amide bonds. The lowest BCUT2D eigenvalue weighted by Gasteiger charge is -2.31. The van der Waals surface area contributed by atoms with Gasteiger partial charge in [-0.05, 0) is 56.0 Å². The largest absolute Gasteiger partial charge is 0.493 e. The minimum absolute atomic E-state index is 0.0496. The summed E-state index contributed by atoms with van der Waals surface area (Å²) >= 11 is 0. The molecule has 2 atom stereocenters. The lowest BCUT2D eigenvalue weighted by Crippen LogP contribution is -2.42. The van der Waals surface area contributed by atoms with Crippen LogP contribution in [0.3, 0.4) is 0 Å². The molecule has 0 spiro atoms. The van der Waals surface area contributed by atoms with Crippen LogP contribution < -0.4 is 14.2 Å². The van der Waals surface area contributed by atoms with Crippen molar-refractivity contribution in [3.05, 3.63) is 53.1 Å². The van der Waals surface area contributed by atoms with Crippen molar-refractivity contribution < 1.29 is 23.8 Å². The van der Waals surface area contributed by atoms with E-state index in [1.165, 1.54) is 0 Å². The first kappa shape index (κ1) is 23.9. The van der Waals surface area contributed by atoms with Crippen molar-refractivity contribution in [3.63, 3.8) is 0 Å². The highest BCUT2D eigenvalue weighted by atomic mass is 16.5. The van der Waals surface area contributed by atoms with Gasteiger partial charge in [0.25, 0.3) is 5.91 Å². The summed E-state index contributed by atoms with van der Waals surface area (Å²) < 4.78 is 16.6. The zero-order valence-corrected chi connectivity index (χ0v) is 20.5. The molecule has 34 heavy (non-hydrogen) atoms. The number of benzene rings is 2. The number of carbonyl (C=O) groups is 2. The molecular weight excluding hydrogens is 432 g/mol. The number of aryl methyl sites for hydroxylation is 1. The predicted octanol–water partition coefficient (Wildman–Crippen LogP) is 3.89. The Kier molecular flexibility index (Phi) is 7.29. The van der Waals surface area contributed by atoms with E-state index in [2.05, 4.69) is 0 Å². The van der Waals surface area contributed by atoms with Gasteiger partial charge in [0, 0.05) is 37.7 Å². The second kappa shape index (κ2) is 10.4. The fraction of sp³-hybridized carbons (Fsp3) is 0.481. The molecule has 7 nitrogen and oxygen atoms in total. The normalized spacial score (nSPS) is 20.2. The Balaban J connectivity index is 1.69. The molecule has 2 fully saturated rings. The van der Waals surface area contributed by atoms with E-state index >= 15 is 0 Å². The number of amides is 2. The number of methoxy groups -OCH3 is 3. The number of piperidine rings is 1. The summed E-state index contributed by atoms with van der Waals surface area (Å²) in [7, 11) is 4.74. The number of hydrogen-bond donors (Lipinski definition) is 0. The summed E-state index contributed by atoms with van der Waals surface area (Å²) in [5.74, 6) is 1.18. The third kappa shape index (κ3) is 4.69. The Morgan fingerprint density at radius 2 is 1.44 bits per heavy atom. The number of carbonyl (C=O) groups excluding carboxylic acids is 2.